The molecule has 0 radical (unpaired) electrons. The second-order valence-corrected chi connectivity index (χ2v) is 5.51. The van der Waals surface area contributed by atoms with Crippen LogP contribution in [0.3, 0.4) is 0 Å². The number of rotatable bonds is 1. The summed E-state index contributed by atoms with van der Waals surface area (Å²) in [6.45, 7) is 2.95. The average Bonchev–Trinajstić information content (AvgIpc) is 2.60. The Bertz CT molecular complexity index is 908. The van der Waals surface area contributed by atoms with Crippen molar-refractivity contribution in [2.75, 3.05) is 18.1 Å². The van der Waals surface area contributed by atoms with Gasteiger partial charge in [-0.15, -0.1) is 0 Å². The monoisotopic (exact) mass is 305 g/mol. The number of carbonyl (C=O) groups is 1. The summed E-state index contributed by atoms with van der Waals surface area (Å²) in [4.78, 5) is 23.2. The lowest BCUT2D eigenvalue weighted by Crippen LogP contribution is -2.38. The highest BCUT2D eigenvalue weighted by atomic mass is 16.5. The Morgan fingerprint density at radius 1 is 1.22 bits per heavy atom. The summed E-state index contributed by atoms with van der Waals surface area (Å²) in [6, 6.07) is 11.3. The number of ether oxygens (including phenoxy) is 1. The van der Waals surface area contributed by atoms with Crippen LogP contribution in [0.25, 0.3) is 10.9 Å². The maximum atomic E-state index is 12.9. The molecular formula is C18H15N3O2. The van der Waals surface area contributed by atoms with Gasteiger partial charge in [0.05, 0.1) is 18.3 Å². The van der Waals surface area contributed by atoms with E-state index in [1.54, 1.807) is 23.4 Å². The smallest absolute Gasteiger partial charge is 0.258 e. The molecule has 5 nitrogen and oxygen atoms in total. The van der Waals surface area contributed by atoms with Gasteiger partial charge in [-0.3, -0.25) is 14.8 Å². The molecule has 3 aromatic rings. The number of carbonyl (C=O) groups excluding carboxylic acids is 1. The Hall–Kier alpha value is -2.95. The molecule has 4 rings (SSSR count). The number of aromatic nitrogens is 2. The fourth-order valence-electron chi connectivity index (χ4n) is 2.79. The van der Waals surface area contributed by atoms with Crippen LogP contribution >= 0.6 is 0 Å². The van der Waals surface area contributed by atoms with Gasteiger partial charge in [-0.05, 0) is 31.2 Å². The third kappa shape index (κ3) is 2.40. The first-order valence-electron chi connectivity index (χ1n) is 7.48. The van der Waals surface area contributed by atoms with Crippen LogP contribution in [0.4, 0.5) is 5.69 Å². The lowest BCUT2D eigenvalue weighted by molar-refractivity contribution is 0.0976. The number of hydrogen-bond donors (Lipinski definition) is 0. The topological polar surface area (TPSA) is 55.3 Å². The Morgan fingerprint density at radius 2 is 2.13 bits per heavy atom. The van der Waals surface area contributed by atoms with Crippen LogP contribution in [0.15, 0.2) is 48.8 Å². The van der Waals surface area contributed by atoms with Crippen LogP contribution in [0.1, 0.15) is 16.1 Å². The van der Waals surface area contributed by atoms with E-state index < -0.39 is 0 Å². The van der Waals surface area contributed by atoms with Gasteiger partial charge in [-0.25, -0.2) is 0 Å². The minimum Gasteiger partial charge on any atom is -0.489 e. The number of fused-ring (bicyclic) bond motifs is 2. The van der Waals surface area contributed by atoms with Gasteiger partial charge in [-0.1, -0.05) is 6.07 Å². The second kappa shape index (κ2) is 5.35. The van der Waals surface area contributed by atoms with E-state index in [-0.39, 0.29) is 5.91 Å². The van der Waals surface area contributed by atoms with Crippen molar-refractivity contribution >= 4 is 22.5 Å². The zero-order valence-electron chi connectivity index (χ0n) is 12.7. The molecule has 2 aromatic heterocycles. The molecule has 1 aliphatic rings. The first-order valence-corrected chi connectivity index (χ1v) is 7.48. The first-order chi connectivity index (χ1) is 11.2. The predicted octanol–water partition coefficient (Wildman–Crippen LogP) is 2.98. The average molecular weight is 305 g/mol. The molecule has 1 amide bonds. The standard InChI is InChI=1S/C18H15N3O2/c1-12-2-3-13-10-14(4-5-15(13)20-12)18(22)21-8-9-23-17-6-7-19-11-16(17)21/h2-7,10-11H,8-9H2,1H3. The van der Waals surface area contributed by atoms with Gasteiger partial charge in [0.1, 0.15) is 18.0 Å². The fraction of sp³-hybridized carbons (Fsp3) is 0.167. The molecule has 1 aliphatic heterocycles. The summed E-state index contributed by atoms with van der Waals surface area (Å²) in [5, 5.41) is 0.959. The van der Waals surface area contributed by atoms with E-state index in [1.807, 2.05) is 37.3 Å². The molecule has 0 fully saturated rings. The largest absolute Gasteiger partial charge is 0.489 e. The van der Waals surface area contributed by atoms with Gasteiger partial charge >= 0.3 is 0 Å². The van der Waals surface area contributed by atoms with Crippen molar-refractivity contribution in [3.63, 3.8) is 0 Å². The number of aryl methyl sites for hydroxylation is 1. The maximum Gasteiger partial charge on any atom is 0.258 e. The number of nitrogens with zero attached hydrogens (tertiary/aromatic N) is 3. The van der Waals surface area contributed by atoms with E-state index >= 15 is 0 Å². The number of pyridine rings is 2. The molecule has 1 aromatic carbocycles. The molecule has 0 saturated carbocycles. The molecule has 0 spiro atoms. The first kappa shape index (κ1) is 13.7. The zero-order valence-corrected chi connectivity index (χ0v) is 12.7. The lowest BCUT2D eigenvalue weighted by atomic mass is 10.1. The molecule has 3 heterocycles. The minimum absolute atomic E-state index is 0.0509. The second-order valence-electron chi connectivity index (χ2n) is 5.51. The van der Waals surface area contributed by atoms with Crippen LogP contribution in [-0.2, 0) is 0 Å². The van der Waals surface area contributed by atoms with Crippen LogP contribution in [-0.4, -0.2) is 29.0 Å². The summed E-state index contributed by atoms with van der Waals surface area (Å²) < 4.78 is 5.58. The van der Waals surface area contributed by atoms with Gasteiger partial charge in [0, 0.05) is 28.9 Å². The third-order valence-electron chi connectivity index (χ3n) is 3.95. The van der Waals surface area contributed by atoms with Crippen molar-refractivity contribution in [1.82, 2.24) is 9.97 Å². The van der Waals surface area contributed by atoms with Gasteiger partial charge in [0.25, 0.3) is 5.91 Å². The van der Waals surface area contributed by atoms with Crippen molar-refractivity contribution in [3.8, 4) is 5.75 Å². The van der Waals surface area contributed by atoms with Crippen LogP contribution in [0, 0.1) is 6.92 Å². The molecule has 0 bridgehead atoms. The molecule has 0 unspecified atom stereocenters. The molecule has 0 saturated heterocycles. The Morgan fingerprint density at radius 3 is 3.04 bits per heavy atom. The molecule has 5 heteroatoms. The summed E-state index contributed by atoms with van der Waals surface area (Å²) in [6.07, 6.45) is 3.33. The van der Waals surface area contributed by atoms with E-state index in [0.717, 1.165) is 16.6 Å². The highest BCUT2D eigenvalue weighted by Crippen LogP contribution is 2.31. The normalized spacial score (nSPS) is 13.5. The summed E-state index contributed by atoms with van der Waals surface area (Å²) in [5.74, 6) is 0.641. The summed E-state index contributed by atoms with van der Waals surface area (Å²) in [5.41, 5.74) is 3.21. The van der Waals surface area contributed by atoms with Gasteiger partial charge in [-0.2, -0.15) is 0 Å². The predicted molar refractivity (Wildman–Crippen MR) is 87.9 cm³/mol. The minimum atomic E-state index is -0.0509. The molecule has 23 heavy (non-hydrogen) atoms. The highest BCUT2D eigenvalue weighted by molar-refractivity contribution is 6.08. The zero-order chi connectivity index (χ0) is 15.8. The number of hydrogen-bond acceptors (Lipinski definition) is 4. The van der Waals surface area contributed by atoms with Gasteiger partial charge in [0.2, 0.25) is 0 Å². The van der Waals surface area contributed by atoms with E-state index in [1.165, 1.54) is 0 Å². The molecule has 0 atom stereocenters. The molecular weight excluding hydrogens is 290 g/mol. The van der Waals surface area contributed by atoms with Crippen molar-refractivity contribution in [1.29, 1.82) is 0 Å². The fourth-order valence-corrected chi connectivity index (χ4v) is 2.79. The van der Waals surface area contributed by atoms with E-state index in [2.05, 4.69) is 9.97 Å². The Labute approximate surface area is 133 Å². The quantitative estimate of drug-likeness (QED) is 0.693. The Balaban J connectivity index is 1.74. The lowest BCUT2D eigenvalue weighted by Gasteiger charge is -2.29. The van der Waals surface area contributed by atoms with E-state index in [9.17, 15) is 4.79 Å². The number of anilines is 1. The third-order valence-corrected chi connectivity index (χ3v) is 3.95. The van der Waals surface area contributed by atoms with E-state index in [4.69, 9.17) is 4.74 Å². The highest BCUT2D eigenvalue weighted by Gasteiger charge is 2.24. The van der Waals surface area contributed by atoms with Gasteiger partial charge in [0.15, 0.2) is 0 Å². The summed E-state index contributed by atoms with van der Waals surface area (Å²) in [7, 11) is 0. The summed E-state index contributed by atoms with van der Waals surface area (Å²) >= 11 is 0. The van der Waals surface area contributed by atoms with Crippen molar-refractivity contribution in [3.05, 3.63) is 60.0 Å². The number of amides is 1. The van der Waals surface area contributed by atoms with Crippen LogP contribution < -0.4 is 9.64 Å². The van der Waals surface area contributed by atoms with Crippen LogP contribution in [0.5, 0.6) is 5.75 Å². The van der Waals surface area contributed by atoms with Gasteiger partial charge < -0.3 is 9.64 Å². The van der Waals surface area contributed by atoms with Crippen molar-refractivity contribution in [2.45, 2.75) is 6.92 Å². The molecule has 0 N–H and O–H groups in total. The van der Waals surface area contributed by atoms with Crippen molar-refractivity contribution < 1.29 is 9.53 Å². The van der Waals surface area contributed by atoms with Crippen LogP contribution in [0.2, 0.25) is 0 Å². The number of benzene rings is 1. The van der Waals surface area contributed by atoms with E-state index in [0.29, 0.717) is 30.2 Å². The SMILES string of the molecule is Cc1ccc2cc(C(=O)N3CCOc4ccncc43)ccc2n1. The molecule has 0 aliphatic carbocycles. The Kier molecular flexibility index (Phi) is 3.19. The molecule has 114 valence electrons. The van der Waals surface area contributed by atoms with Crippen molar-refractivity contribution in [2.24, 2.45) is 0 Å². The maximum absolute atomic E-state index is 12.9.